The molecule has 4 fully saturated rings. The molecule has 2 aliphatic carbocycles. The van der Waals surface area contributed by atoms with E-state index in [1.54, 1.807) is 0 Å². The average Bonchev–Trinajstić information content (AvgIpc) is 2.72. The van der Waals surface area contributed by atoms with Crippen LogP contribution < -0.4 is 0 Å². The summed E-state index contributed by atoms with van der Waals surface area (Å²) in [4.78, 5) is 36.2. The van der Waals surface area contributed by atoms with E-state index >= 15 is 0 Å². The Morgan fingerprint density at radius 3 is 2.12 bits per heavy atom. The summed E-state index contributed by atoms with van der Waals surface area (Å²) < 4.78 is 5.46. The van der Waals surface area contributed by atoms with Crippen molar-refractivity contribution in [1.29, 1.82) is 0 Å². The fourth-order valence-electron chi connectivity index (χ4n) is 4.03. The Kier molecular flexibility index (Phi) is 1.31. The summed E-state index contributed by atoms with van der Waals surface area (Å²) in [5.74, 6) is -1.21. The number of ether oxygens (including phenoxy) is 1. The van der Waals surface area contributed by atoms with Crippen LogP contribution in [0.15, 0.2) is 0 Å². The molecule has 84 valence electrons. The lowest BCUT2D eigenvalue weighted by atomic mass is 9.81. The van der Waals surface area contributed by atoms with E-state index in [1.165, 1.54) is 6.92 Å². The lowest BCUT2D eigenvalue weighted by Crippen LogP contribution is -2.37. The molecule has 4 aliphatic rings. The van der Waals surface area contributed by atoms with Gasteiger partial charge in [0.1, 0.15) is 0 Å². The van der Waals surface area contributed by atoms with E-state index in [-0.39, 0.29) is 47.7 Å². The fraction of sp³-hybridized carbons (Fsp3) is 0.727. The van der Waals surface area contributed by atoms with Gasteiger partial charge in [0, 0.05) is 18.8 Å². The maximum absolute atomic E-state index is 12.0. The van der Waals surface area contributed by atoms with Gasteiger partial charge in [0.2, 0.25) is 17.7 Å². The third kappa shape index (κ3) is 0.744. The van der Waals surface area contributed by atoms with Gasteiger partial charge >= 0.3 is 0 Å². The smallest absolute Gasteiger partial charge is 0.240 e. The molecule has 6 atom stereocenters. The summed E-state index contributed by atoms with van der Waals surface area (Å²) in [5, 5.41) is 0. The Morgan fingerprint density at radius 1 is 1.19 bits per heavy atom. The average molecular weight is 221 g/mol. The molecule has 5 heteroatoms. The zero-order valence-electron chi connectivity index (χ0n) is 8.75. The van der Waals surface area contributed by atoms with Crippen LogP contribution in [0.2, 0.25) is 0 Å². The molecule has 0 spiro atoms. The molecular formula is C11H11NO4. The first-order valence-corrected chi connectivity index (χ1v) is 5.65. The molecule has 2 saturated heterocycles. The van der Waals surface area contributed by atoms with Crippen molar-refractivity contribution in [2.45, 2.75) is 25.6 Å². The maximum Gasteiger partial charge on any atom is 0.240 e. The molecule has 16 heavy (non-hydrogen) atoms. The number of likely N-dealkylation sites (tertiary alicyclic amines) is 1. The van der Waals surface area contributed by atoms with Gasteiger partial charge in [0.15, 0.2) is 0 Å². The molecule has 2 heterocycles. The van der Waals surface area contributed by atoms with E-state index in [0.29, 0.717) is 0 Å². The summed E-state index contributed by atoms with van der Waals surface area (Å²) in [6.45, 7) is 1.27. The first kappa shape index (κ1) is 8.87. The molecular weight excluding hydrogens is 210 g/mol. The predicted octanol–water partition coefficient (Wildman–Crippen LogP) is -0.449. The van der Waals surface area contributed by atoms with Gasteiger partial charge in [-0.3, -0.25) is 14.4 Å². The first-order valence-electron chi connectivity index (χ1n) is 5.65. The zero-order valence-corrected chi connectivity index (χ0v) is 8.75. The van der Waals surface area contributed by atoms with Crippen LogP contribution in [0.5, 0.6) is 0 Å². The number of nitrogens with zero attached hydrogens (tertiary/aromatic N) is 1. The fourth-order valence-corrected chi connectivity index (χ4v) is 4.03. The van der Waals surface area contributed by atoms with Crippen molar-refractivity contribution < 1.29 is 19.1 Å². The van der Waals surface area contributed by atoms with E-state index in [2.05, 4.69) is 0 Å². The van der Waals surface area contributed by atoms with Crippen LogP contribution in [0, 0.1) is 23.7 Å². The normalized spacial score (nSPS) is 51.9. The SMILES string of the molecule is CC(=O)N1C(=O)C2C3CC(C4OC34)C2C1=O. The minimum absolute atomic E-state index is 0.181. The highest BCUT2D eigenvalue weighted by Gasteiger charge is 2.74. The Balaban J connectivity index is 1.78. The number of rotatable bonds is 0. The summed E-state index contributed by atoms with van der Waals surface area (Å²) in [5.41, 5.74) is 0. The van der Waals surface area contributed by atoms with E-state index in [1.807, 2.05) is 0 Å². The van der Waals surface area contributed by atoms with Crippen molar-refractivity contribution >= 4 is 17.7 Å². The Hall–Kier alpha value is -1.23. The summed E-state index contributed by atoms with van der Waals surface area (Å²) >= 11 is 0. The van der Waals surface area contributed by atoms with Gasteiger partial charge < -0.3 is 4.74 Å². The van der Waals surface area contributed by atoms with Crippen LogP contribution in [0.1, 0.15) is 13.3 Å². The Labute approximate surface area is 91.7 Å². The number of amides is 3. The standard InChI is InChI=1S/C11H11NO4/c1-3(13)12-10(14)6-4-2-5(7(6)11(12)15)9-8(4)16-9/h4-9H,2H2,1H3. The van der Waals surface area contributed by atoms with Crippen LogP contribution in [-0.4, -0.2) is 34.8 Å². The molecule has 6 unspecified atom stereocenters. The highest BCUT2D eigenvalue weighted by atomic mass is 16.6. The second-order valence-electron chi connectivity index (χ2n) is 5.21. The van der Waals surface area contributed by atoms with Crippen LogP contribution >= 0.6 is 0 Å². The number of hydrogen-bond acceptors (Lipinski definition) is 4. The van der Waals surface area contributed by atoms with Crippen LogP contribution in [-0.2, 0) is 19.1 Å². The van der Waals surface area contributed by atoms with Gasteiger partial charge in [-0.2, -0.15) is 0 Å². The third-order valence-corrected chi connectivity index (χ3v) is 4.59. The van der Waals surface area contributed by atoms with Crippen molar-refractivity contribution in [3.05, 3.63) is 0 Å². The molecule has 2 aliphatic heterocycles. The second-order valence-corrected chi connectivity index (χ2v) is 5.21. The van der Waals surface area contributed by atoms with E-state index < -0.39 is 5.91 Å². The number of hydrogen-bond donors (Lipinski definition) is 0. The minimum Gasteiger partial charge on any atom is -0.369 e. The van der Waals surface area contributed by atoms with Gasteiger partial charge in [-0.15, -0.1) is 0 Å². The van der Waals surface area contributed by atoms with Gasteiger partial charge in [0.05, 0.1) is 24.0 Å². The van der Waals surface area contributed by atoms with E-state index in [4.69, 9.17) is 4.74 Å². The molecule has 0 aromatic heterocycles. The Morgan fingerprint density at radius 2 is 1.69 bits per heavy atom. The van der Waals surface area contributed by atoms with E-state index in [0.717, 1.165) is 11.3 Å². The highest BCUT2D eigenvalue weighted by molar-refractivity contribution is 6.17. The number of epoxide rings is 1. The minimum atomic E-state index is -0.446. The number of carbonyl (C=O) groups excluding carboxylic acids is 3. The largest absolute Gasteiger partial charge is 0.369 e. The highest BCUT2D eigenvalue weighted by Crippen LogP contribution is 2.63. The zero-order chi connectivity index (χ0) is 11.2. The van der Waals surface area contributed by atoms with Gasteiger partial charge in [-0.05, 0) is 6.42 Å². The molecule has 2 bridgehead atoms. The molecule has 0 aromatic rings. The molecule has 0 N–H and O–H groups in total. The van der Waals surface area contributed by atoms with Gasteiger partial charge in [0.25, 0.3) is 0 Å². The van der Waals surface area contributed by atoms with Crippen molar-refractivity contribution in [2.75, 3.05) is 0 Å². The lowest BCUT2D eigenvalue weighted by molar-refractivity contribution is -0.150. The topological polar surface area (TPSA) is 67.0 Å². The predicted molar refractivity (Wildman–Crippen MR) is 49.8 cm³/mol. The van der Waals surface area contributed by atoms with Crippen molar-refractivity contribution in [3.63, 3.8) is 0 Å². The monoisotopic (exact) mass is 221 g/mol. The van der Waals surface area contributed by atoms with Crippen LogP contribution in [0.3, 0.4) is 0 Å². The summed E-state index contributed by atoms with van der Waals surface area (Å²) in [7, 11) is 0. The van der Waals surface area contributed by atoms with E-state index in [9.17, 15) is 14.4 Å². The quantitative estimate of drug-likeness (QED) is 0.410. The second kappa shape index (κ2) is 2.37. The van der Waals surface area contributed by atoms with Crippen LogP contribution in [0.25, 0.3) is 0 Å². The first-order chi connectivity index (χ1) is 7.61. The maximum atomic E-state index is 12.0. The third-order valence-electron chi connectivity index (χ3n) is 4.59. The number of carbonyl (C=O) groups is 3. The van der Waals surface area contributed by atoms with Gasteiger partial charge in [-0.25, -0.2) is 4.90 Å². The van der Waals surface area contributed by atoms with Crippen molar-refractivity contribution in [3.8, 4) is 0 Å². The lowest BCUT2D eigenvalue weighted by Gasteiger charge is -2.15. The molecule has 2 saturated carbocycles. The summed E-state index contributed by atoms with van der Waals surface area (Å²) in [6, 6.07) is 0. The number of fused-ring (bicyclic) bond motifs is 8. The van der Waals surface area contributed by atoms with Gasteiger partial charge in [-0.1, -0.05) is 0 Å². The van der Waals surface area contributed by atoms with Crippen molar-refractivity contribution in [2.24, 2.45) is 23.7 Å². The molecule has 5 nitrogen and oxygen atoms in total. The molecule has 4 rings (SSSR count). The molecule has 0 aromatic carbocycles. The molecule has 3 amide bonds. The molecule has 0 radical (unpaired) electrons. The van der Waals surface area contributed by atoms with Crippen molar-refractivity contribution in [1.82, 2.24) is 4.90 Å². The summed E-state index contributed by atoms with van der Waals surface area (Å²) in [6.07, 6.45) is 1.30. The van der Waals surface area contributed by atoms with Crippen LogP contribution in [0.4, 0.5) is 0 Å². The Bertz CT molecular complexity index is 413. The number of imide groups is 3.